The number of methoxy groups -OCH3 is 1. The first kappa shape index (κ1) is 15.8. The van der Waals surface area contributed by atoms with Gasteiger partial charge in [0, 0.05) is 25.6 Å². The van der Waals surface area contributed by atoms with E-state index in [1.54, 1.807) is 12.4 Å². The molecule has 22 heavy (non-hydrogen) atoms. The van der Waals surface area contributed by atoms with Crippen molar-refractivity contribution in [3.05, 3.63) is 42.7 Å². The number of carbonyl (C=O) groups excluding carboxylic acids is 2. The summed E-state index contributed by atoms with van der Waals surface area (Å²) in [6.45, 7) is 1.08. The van der Waals surface area contributed by atoms with Gasteiger partial charge in [-0.3, -0.25) is 4.79 Å². The standard InChI is InChI=1S/C16H19N3O3/c1-22-16(21)8-4-5-10-17-15(20)9-11-19-12-18-13-6-2-3-7-14(13)19/h2-4,6-8,12H,5,9-11H2,1H3,(H,17,20)/b8-4+. The van der Waals surface area contributed by atoms with Gasteiger partial charge in [-0.15, -0.1) is 0 Å². The molecule has 0 aliphatic carbocycles. The van der Waals surface area contributed by atoms with E-state index in [4.69, 9.17) is 0 Å². The van der Waals surface area contributed by atoms with E-state index in [2.05, 4.69) is 15.0 Å². The molecule has 0 saturated carbocycles. The van der Waals surface area contributed by atoms with Gasteiger partial charge < -0.3 is 14.6 Å². The maximum Gasteiger partial charge on any atom is 0.330 e. The number of esters is 1. The summed E-state index contributed by atoms with van der Waals surface area (Å²) in [4.78, 5) is 26.9. The van der Waals surface area contributed by atoms with Gasteiger partial charge in [0.2, 0.25) is 5.91 Å². The molecule has 6 nitrogen and oxygen atoms in total. The predicted octanol–water partition coefficient (Wildman–Crippen LogP) is 1.66. The predicted molar refractivity (Wildman–Crippen MR) is 83.1 cm³/mol. The van der Waals surface area contributed by atoms with Crippen molar-refractivity contribution in [2.75, 3.05) is 13.7 Å². The molecule has 0 radical (unpaired) electrons. The average Bonchev–Trinajstić information content (AvgIpc) is 2.95. The minimum absolute atomic E-state index is 0.0238. The summed E-state index contributed by atoms with van der Waals surface area (Å²) in [6, 6.07) is 7.82. The minimum Gasteiger partial charge on any atom is -0.466 e. The number of imidazole rings is 1. The third kappa shape index (κ3) is 4.44. The van der Waals surface area contributed by atoms with Crippen molar-refractivity contribution in [3.63, 3.8) is 0 Å². The highest BCUT2D eigenvalue weighted by Crippen LogP contribution is 2.11. The maximum atomic E-state index is 11.8. The Balaban J connectivity index is 1.72. The van der Waals surface area contributed by atoms with Gasteiger partial charge in [0.05, 0.1) is 24.5 Å². The lowest BCUT2D eigenvalue weighted by Crippen LogP contribution is -2.25. The first-order chi connectivity index (χ1) is 10.7. The Morgan fingerprint density at radius 2 is 2.18 bits per heavy atom. The van der Waals surface area contributed by atoms with Gasteiger partial charge in [-0.05, 0) is 18.6 Å². The fourth-order valence-corrected chi connectivity index (χ4v) is 2.04. The molecule has 1 aromatic heterocycles. The van der Waals surface area contributed by atoms with Crippen LogP contribution in [-0.2, 0) is 20.9 Å². The van der Waals surface area contributed by atoms with Gasteiger partial charge >= 0.3 is 5.97 Å². The van der Waals surface area contributed by atoms with E-state index in [1.165, 1.54) is 13.2 Å². The number of nitrogens with one attached hydrogen (secondary N) is 1. The summed E-state index contributed by atoms with van der Waals surface area (Å²) >= 11 is 0. The van der Waals surface area contributed by atoms with Crippen LogP contribution in [0.4, 0.5) is 0 Å². The Bertz CT molecular complexity index is 676. The molecular formula is C16H19N3O3. The molecule has 1 N–H and O–H groups in total. The van der Waals surface area contributed by atoms with E-state index in [-0.39, 0.29) is 5.91 Å². The van der Waals surface area contributed by atoms with Gasteiger partial charge in [0.1, 0.15) is 0 Å². The van der Waals surface area contributed by atoms with Crippen molar-refractivity contribution in [2.45, 2.75) is 19.4 Å². The molecular weight excluding hydrogens is 282 g/mol. The SMILES string of the molecule is COC(=O)/C=C/CCNC(=O)CCn1cnc2ccccc21. The second kappa shape index (κ2) is 7.97. The summed E-state index contributed by atoms with van der Waals surface area (Å²) in [6.07, 6.45) is 5.76. The third-order valence-corrected chi connectivity index (χ3v) is 3.20. The number of benzene rings is 1. The van der Waals surface area contributed by atoms with Crippen LogP contribution in [0.3, 0.4) is 0 Å². The summed E-state index contributed by atoms with van der Waals surface area (Å²) in [5.41, 5.74) is 1.95. The van der Waals surface area contributed by atoms with Crippen molar-refractivity contribution >= 4 is 22.9 Å². The van der Waals surface area contributed by atoms with Crippen LogP contribution in [0.1, 0.15) is 12.8 Å². The first-order valence-corrected chi connectivity index (χ1v) is 7.12. The Morgan fingerprint density at radius 3 is 3.00 bits per heavy atom. The maximum absolute atomic E-state index is 11.8. The van der Waals surface area contributed by atoms with E-state index >= 15 is 0 Å². The molecule has 0 bridgehead atoms. The Hall–Kier alpha value is -2.63. The van der Waals surface area contributed by atoms with Crippen LogP contribution in [-0.4, -0.2) is 35.1 Å². The highest BCUT2D eigenvalue weighted by molar-refractivity contribution is 5.81. The molecule has 2 rings (SSSR count). The number of aromatic nitrogens is 2. The molecule has 0 spiro atoms. The van der Waals surface area contributed by atoms with Gasteiger partial charge in [0.25, 0.3) is 0 Å². The second-order valence-corrected chi connectivity index (χ2v) is 4.74. The molecule has 116 valence electrons. The molecule has 0 atom stereocenters. The van der Waals surface area contributed by atoms with E-state index in [0.29, 0.717) is 25.9 Å². The molecule has 6 heteroatoms. The zero-order valence-electron chi connectivity index (χ0n) is 12.5. The minimum atomic E-state index is -0.390. The number of aryl methyl sites for hydroxylation is 1. The second-order valence-electron chi connectivity index (χ2n) is 4.74. The number of amides is 1. The fourth-order valence-electron chi connectivity index (χ4n) is 2.04. The largest absolute Gasteiger partial charge is 0.466 e. The first-order valence-electron chi connectivity index (χ1n) is 7.12. The zero-order chi connectivity index (χ0) is 15.8. The van der Waals surface area contributed by atoms with Crippen molar-refractivity contribution in [1.82, 2.24) is 14.9 Å². The van der Waals surface area contributed by atoms with Crippen LogP contribution < -0.4 is 5.32 Å². The van der Waals surface area contributed by atoms with Gasteiger partial charge in [-0.1, -0.05) is 18.2 Å². The van der Waals surface area contributed by atoms with E-state index < -0.39 is 5.97 Å². The lowest BCUT2D eigenvalue weighted by molar-refractivity contribution is -0.134. The Morgan fingerprint density at radius 1 is 1.36 bits per heavy atom. The fraction of sp³-hybridized carbons (Fsp3) is 0.312. The molecule has 0 aliphatic rings. The summed E-state index contributed by atoms with van der Waals surface area (Å²) < 4.78 is 6.44. The zero-order valence-corrected chi connectivity index (χ0v) is 12.5. The van der Waals surface area contributed by atoms with E-state index in [0.717, 1.165) is 11.0 Å². The number of nitrogens with zero attached hydrogens (tertiary/aromatic N) is 2. The quantitative estimate of drug-likeness (QED) is 0.479. The number of rotatable bonds is 7. The molecule has 0 unspecified atom stereocenters. The molecule has 2 aromatic rings. The van der Waals surface area contributed by atoms with Crippen molar-refractivity contribution in [1.29, 1.82) is 0 Å². The topological polar surface area (TPSA) is 73.2 Å². The van der Waals surface area contributed by atoms with Crippen molar-refractivity contribution in [3.8, 4) is 0 Å². The highest BCUT2D eigenvalue weighted by Gasteiger charge is 2.04. The van der Waals surface area contributed by atoms with E-state index in [9.17, 15) is 9.59 Å². The smallest absolute Gasteiger partial charge is 0.330 e. The van der Waals surface area contributed by atoms with Crippen LogP contribution in [0.25, 0.3) is 11.0 Å². The molecule has 0 fully saturated rings. The van der Waals surface area contributed by atoms with Gasteiger partial charge in [-0.25, -0.2) is 9.78 Å². The number of fused-ring (bicyclic) bond motifs is 1. The summed E-state index contributed by atoms with van der Waals surface area (Å²) in [5.74, 6) is -0.414. The van der Waals surface area contributed by atoms with Crippen LogP contribution in [0.5, 0.6) is 0 Å². The average molecular weight is 301 g/mol. The van der Waals surface area contributed by atoms with Crippen LogP contribution in [0, 0.1) is 0 Å². The molecule has 0 aliphatic heterocycles. The lowest BCUT2D eigenvalue weighted by atomic mass is 10.3. The Kier molecular flexibility index (Phi) is 5.71. The van der Waals surface area contributed by atoms with E-state index in [1.807, 2.05) is 28.8 Å². The highest BCUT2D eigenvalue weighted by atomic mass is 16.5. The van der Waals surface area contributed by atoms with Crippen LogP contribution in [0.2, 0.25) is 0 Å². The molecule has 0 saturated heterocycles. The lowest BCUT2D eigenvalue weighted by Gasteiger charge is -2.05. The number of ether oxygens (including phenoxy) is 1. The molecule has 1 amide bonds. The third-order valence-electron chi connectivity index (χ3n) is 3.20. The van der Waals surface area contributed by atoms with Crippen LogP contribution in [0.15, 0.2) is 42.7 Å². The molecule has 1 aromatic carbocycles. The van der Waals surface area contributed by atoms with Crippen LogP contribution >= 0.6 is 0 Å². The number of para-hydroxylation sites is 2. The van der Waals surface area contributed by atoms with Crippen molar-refractivity contribution < 1.29 is 14.3 Å². The van der Waals surface area contributed by atoms with Gasteiger partial charge in [0.15, 0.2) is 0 Å². The van der Waals surface area contributed by atoms with Gasteiger partial charge in [-0.2, -0.15) is 0 Å². The van der Waals surface area contributed by atoms with Crippen molar-refractivity contribution in [2.24, 2.45) is 0 Å². The summed E-state index contributed by atoms with van der Waals surface area (Å²) in [7, 11) is 1.33. The normalized spacial score (nSPS) is 11.0. The summed E-state index contributed by atoms with van der Waals surface area (Å²) in [5, 5.41) is 2.81. The monoisotopic (exact) mass is 301 g/mol. The number of hydrogen-bond donors (Lipinski definition) is 1. The number of carbonyl (C=O) groups is 2. The molecule has 1 heterocycles. The number of hydrogen-bond acceptors (Lipinski definition) is 4. The Labute approximate surface area is 128 Å².